The number of hydrogen-bond donors (Lipinski definition) is 2. The molecule has 1 aliphatic rings. The van der Waals surface area contributed by atoms with Crippen LogP contribution in [0.4, 0.5) is 8.78 Å². The van der Waals surface area contributed by atoms with Gasteiger partial charge in [0.25, 0.3) is 5.92 Å². The van der Waals surface area contributed by atoms with Crippen LogP contribution in [0.1, 0.15) is 12.8 Å². The molecule has 0 spiro atoms. The van der Waals surface area contributed by atoms with Gasteiger partial charge in [-0.3, -0.25) is 0 Å². The molecule has 78 valence electrons. The van der Waals surface area contributed by atoms with E-state index in [9.17, 15) is 8.78 Å². The second-order valence-corrected chi connectivity index (χ2v) is 4.51. The van der Waals surface area contributed by atoms with Gasteiger partial charge in [-0.2, -0.15) is 11.8 Å². The molecule has 13 heavy (non-hydrogen) atoms. The summed E-state index contributed by atoms with van der Waals surface area (Å²) >= 11 is 1.86. The third kappa shape index (κ3) is 4.24. The zero-order valence-corrected chi connectivity index (χ0v) is 8.25. The van der Waals surface area contributed by atoms with Gasteiger partial charge >= 0.3 is 0 Å². The van der Waals surface area contributed by atoms with Gasteiger partial charge in [-0.15, -0.1) is 0 Å². The van der Waals surface area contributed by atoms with Crippen molar-refractivity contribution in [3.05, 3.63) is 0 Å². The summed E-state index contributed by atoms with van der Waals surface area (Å²) in [5, 5.41) is 11.1. The third-order valence-electron chi connectivity index (χ3n) is 2.10. The lowest BCUT2D eigenvalue weighted by molar-refractivity contribution is -0.0494. The summed E-state index contributed by atoms with van der Waals surface area (Å²) in [4.78, 5) is 0. The SMILES string of the molecule is OCC(F)(F)CNC1CCSCC1. The summed E-state index contributed by atoms with van der Waals surface area (Å²) in [6.45, 7) is -1.47. The predicted molar refractivity (Wildman–Crippen MR) is 50.4 cm³/mol. The highest BCUT2D eigenvalue weighted by Crippen LogP contribution is 2.18. The van der Waals surface area contributed by atoms with Crippen molar-refractivity contribution in [2.24, 2.45) is 0 Å². The normalized spacial score (nSPS) is 20.5. The first kappa shape index (κ1) is 11.2. The first-order valence-electron chi connectivity index (χ1n) is 4.44. The zero-order valence-electron chi connectivity index (χ0n) is 7.43. The van der Waals surface area contributed by atoms with E-state index in [4.69, 9.17) is 5.11 Å². The summed E-state index contributed by atoms with van der Waals surface area (Å²) in [7, 11) is 0. The van der Waals surface area contributed by atoms with Gasteiger partial charge in [-0.05, 0) is 24.3 Å². The minimum Gasteiger partial charge on any atom is -0.390 e. The predicted octanol–water partition coefficient (Wildman–Crippen LogP) is 1.10. The van der Waals surface area contributed by atoms with Crippen LogP contribution in [0.2, 0.25) is 0 Å². The summed E-state index contributed by atoms with van der Waals surface area (Å²) in [6.07, 6.45) is 1.90. The van der Waals surface area contributed by atoms with Crippen molar-refractivity contribution in [1.82, 2.24) is 5.32 Å². The Hall–Kier alpha value is 0.130. The first-order valence-corrected chi connectivity index (χ1v) is 5.59. The van der Waals surface area contributed by atoms with Gasteiger partial charge in [-0.1, -0.05) is 0 Å². The molecule has 1 heterocycles. The number of alkyl halides is 2. The second-order valence-electron chi connectivity index (χ2n) is 3.28. The number of aliphatic hydroxyl groups is 1. The number of aliphatic hydroxyl groups excluding tert-OH is 1. The summed E-state index contributed by atoms with van der Waals surface area (Å²) in [5.74, 6) is -0.880. The second kappa shape index (κ2) is 5.12. The molecule has 1 saturated heterocycles. The van der Waals surface area contributed by atoms with Crippen molar-refractivity contribution in [3.63, 3.8) is 0 Å². The minimum atomic E-state index is -2.97. The fourth-order valence-corrected chi connectivity index (χ4v) is 2.36. The van der Waals surface area contributed by atoms with Crippen molar-refractivity contribution >= 4 is 11.8 Å². The standard InChI is InChI=1S/C8H15F2NOS/c9-8(10,6-12)5-11-7-1-3-13-4-2-7/h7,11-12H,1-6H2. The highest BCUT2D eigenvalue weighted by Gasteiger charge is 2.28. The van der Waals surface area contributed by atoms with Crippen molar-refractivity contribution < 1.29 is 13.9 Å². The van der Waals surface area contributed by atoms with Crippen LogP contribution in [0.3, 0.4) is 0 Å². The largest absolute Gasteiger partial charge is 0.390 e. The van der Waals surface area contributed by atoms with Gasteiger partial charge < -0.3 is 10.4 Å². The third-order valence-corrected chi connectivity index (χ3v) is 3.15. The van der Waals surface area contributed by atoms with Crippen LogP contribution in [0, 0.1) is 0 Å². The molecule has 0 atom stereocenters. The molecule has 5 heteroatoms. The molecule has 1 fully saturated rings. The molecule has 0 unspecified atom stereocenters. The van der Waals surface area contributed by atoms with Crippen LogP contribution < -0.4 is 5.32 Å². The van der Waals surface area contributed by atoms with Crippen molar-refractivity contribution in [2.45, 2.75) is 24.8 Å². The first-order chi connectivity index (χ1) is 6.14. The summed E-state index contributed by atoms with van der Waals surface area (Å²) in [6, 6.07) is 0.207. The van der Waals surface area contributed by atoms with Crippen LogP contribution in [0.15, 0.2) is 0 Å². The van der Waals surface area contributed by atoms with E-state index in [0.717, 1.165) is 24.3 Å². The number of thioether (sulfide) groups is 1. The average molecular weight is 211 g/mol. The smallest absolute Gasteiger partial charge is 0.282 e. The van der Waals surface area contributed by atoms with E-state index in [0.29, 0.717) is 0 Å². The number of nitrogens with one attached hydrogen (secondary N) is 1. The fraction of sp³-hybridized carbons (Fsp3) is 1.00. The molecule has 1 rings (SSSR count). The fourth-order valence-electron chi connectivity index (χ4n) is 1.25. The van der Waals surface area contributed by atoms with Crippen molar-refractivity contribution in [2.75, 3.05) is 24.7 Å². The van der Waals surface area contributed by atoms with Crippen LogP contribution in [-0.2, 0) is 0 Å². The Labute approximate surface area is 81.1 Å². The van der Waals surface area contributed by atoms with E-state index in [1.807, 2.05) is 11.8 Å². The van der Waals surface area contributed by atoms with Gasteiger partial charge in [0.15, 0.2) is 0 Å². The van der Waals surface area contributed by atoms with E-state index in [2.05, 4.69) is 5.32 Å². The molecule has 0 aromatic heterocycles. The zero-order chi connectivity index (χ0) is 9.73. The monoisotopic (exact) mass is 211 g/mol. The van der Waals surface area contributed by atoms with Gasteiger partial charge in [0, 0.05) is 6.04 Å². The molecular weight excluding hydrogens is 196 g/mol. The maximum atomic E-state index is 12.6. The minimum absolute atomic E-state index is 0.207. The molecule has 0 aromatic carbocycles. The molecule has 0 saturated carbocycles. The lowest BCUT2D eigenvalue weighted by atomic mass is 10.1. The molecule has 0 bridgehead atoms. The van der Waals surface area contributed by atoms with Gasteiger partial charge in [0.05, 0.1) is 6.54 Å². The maximum Gasteiger partial charge on any atom is 0.282 e. The topological polar surface area (TPSA) is 32.3 Å². The lowest BCUT2D eigenvalue weighted by Gasteiger charge is -2.24. The van der Waals surface area contributed by atoms with E-state index in [-0.39, 0.29) is 6.04 Å². The molecule has 2 N–H and O–H groups in total. The lowest BCUT2D eigenvalue weighted by Crippen LogP contribution is -2.42. The Balaban J connectivity index is 2.17. The Morgan fingerprint density at radius 2 is 2.00 bits per heavy atom. The Morgan fingerprint density at radius 3 is 2.54 bits per heavy atom. The van der Waals surface area contributed by atoms with Crippen molar-refractivity contribution in [1.29, 1.82) is 0 Å². The number of halogens is 2. The number of hydrogen-bond acceptors (Lipinski definition) is 3. The number of rotatable bonds is 4. The molecular formula is C8H15F2NOS. The molecule has 0 radical (unpaired) electrons. The Morgan fingerprint density at radius 1 is 1.38 bits per heavy atom. The van der Waals surface area contributed by atoms with E-state index >= 15 is 0 Å². The van der Waals surface area contributed by atoms with Crippen LogP contribution in [0.25, 0.3) is 0 Å². The van der Waals surface area contributed by atoms with Crippen LogP contribution >= 0.6 is 11.8 Å². The quantitative estimate of drug-likeness (QED) is 0.730. The molecule has 0 aromatic rings. The molecule has 2 nitrogen and oxygen atoms in total. The van der Waals surface area contributed by atoms with Crippen LogP contribution in [0.5, 0.6) is 0 Å². The van der Waals surface area contributed by atoms with Crippen molar-refractivity contribution in [3.8, 4) is 0 Å². The summed E-state index contributed by atoms with van der Waals surface area (Å²) in [5.41, 5.74) is 0. The van der Waals surface area contributed by atoms with Gasteiger partial charge in [0.2, 0.25) is 0 Å². The molecule has 0 amide bonds. The Bertz CT molecular complexity index is 151. The van der Waals surface area contributed by atoms with E-state index in [1.165, 1.54) is 0 Å². The van der Waals surface area contributed by atoms with E-state index < -0.39 is 19.1 Å². The van der Waals surface area contributed by atoms with Gasteiger partial charge in [-0.25, -0.2) is 8.78 Å². The average Bonchev–Trinajstić information content (AvgIpc) is 2.17. The maximum absolute atomic E-state index is 12.6. The molecule has 1 aliphatic heterocycles. The van der Waals surface area contributed by atoms with Crippen LogP contribution in [-0.4, -0.2) is 41.7 Å². The highest BCUT2D eigenvalue weighted by molar-refractivity contribution is 7.99. The highest BCUT2D eigenvalue weighted by atomic mass is 32.2. The Kier molecular flexibility index (Phi) is 4.41. The van der Waals surface area contributed by atoms with Gasteiger partial charge in [0.1, 0.15) is 6.61 Å². The van der Waals surface area contributed by atoms with E-state index in [1.54, 1.807) is 0 Å². The summed E-state index contributed by atoms with van der Waals surface area (Å²) < 4.78 is 25.2. The molecule has 0 aliphatic carbocycles.